The zero-order chi connectivity index (χ0) is 21.0. The highest BCUT2D eigenvalue weighted by atomic mass is 127. The lowest BCUT2D eigenvalue weighted by atomic mass is 10.1. The number of nitrogens with zero attached hydrogens (tertiary/aromatic N) is 2. The number of carbonyl (C=O) groups is 1. The van der Waals surface area contributed by atoms with E-state index in [1.54, 1.807) is 30.3 Å². The van der Waals surface area contributed by atoms with Gasteiger partial charge in [0.15, 0.2) is 0 Å². The summed E-state index contributed by atoms with van der Waals surface area (Å²) in [4.78, 5) is 22.8. The number of nitro benzene ring substituents is 1. The number of hydrogen-bond acceptors (Lipinski definition) is 5. The number of nitriles is 1. The van der Waals surface area contributed by atoms with Crippen LogP contribution in [0.3, 0.4) is 0 Å². The van der Waals surface area contributed by atoms with Crippen molar-refractivity contribution in [3.8, 4) is 17.4 Å². The molecule has 0 spiro atoms. The lowest BCUT2D eigenvalue weighted by molar-refractivity contribution is -0.384. The molecule has 3 aromatic rings. The standard InChI is InChI=1S/C20H11ClIN3O4/c21-17-7-1-12(10-18(17)25(27)28)19-8-6-16(29-19)9-13(11-23)20(26)24-15-4-2-14(22)3-5-15/h1-10H,(H,24,26)/b13-9+. The Hall–Kier alpha value is -3.16. The highest BCUT2D eigenvalue weighted by Gasteiger charge is 2.16. The van der Waals surface area contributed by atoms with Gasteiger partial charge in [-0.1, -0.05) is 11.6 Å². The molecule has 2 aromatic carbocycles. The summed E-state index contributed by atoms with van der Waals surface area (Å²) in [5.41, 5.74) is 0.617. The van der Waals surface area contributed by atoms with Gasteiger partial charge in [-0.2, -0.15) is 5.26 Å². The first-order valence-electron chi connectivity index (χ1n) is 8.10. The first-order valence-corrected chi connectivity index (χ1v) is 9.56. The number of halogens is 2. The first-order chi connectivity index (χ1) is 13.9. The number of nitrogens with one attached hydrogen (secondary N) is 1. The number of nitro groups is 1. The van der Waals surface area contributed by atoms with Gasteiger partial charge in [0.2, 0.25) is 0 Å². The van der Waals surface area contributed by atoms with Gasteiger partial charge in [-0.05, 0) is 71.1 Å². The summed E-state index contributed by atoms with van der Waals surface area (Å²) >= 11 is 7.97. The quantitative estimate of drug-likeness (QED) is 0.154. The van der Waals surface area contributed by atoms with E-state index in [-0.39, 0.29) is 22.0 Å². The van der Waals surface area contributed by atoms with Crippen molar-refractivity contribution in [2.45, 2.75) is 0 Å². The number of carbonyl (C=O) groups excluding carboxylic acids is 1. The fourth-order valence-corrected chi connectivity index (χ4v) is 2.96. The Labute approximate surface area is 183 Å². The van der Waals surface area contributed by atoms with Crippen LogP contribution in [-0.2, 0) is 4.79 Å². The smallest absolute Gasteiger partial charge is 0.288 e. The van der Waals surface area contributed by atoms with Crippen molar-refractivity contribution in [1.82, 2.24) is 0 Å². The second-order valence-corrected chi connectivity index (χ2v) is 7.41. The Balaban J connectivity index is 1.83. The van der Waals surface area contributed by atoms with Crippen molar-refractivity contribution < 1.29 is 14.1 Å². The van der Waals surface area contributed by atoms with Crippen molar-refractivity contribution in [2.24, 2.45) is 0 Å². The van der Waals surface area contributed by atoms with E-state index in [0.717, 1.165) is 3.57 Å². The topological polar surface area (TPSA) is 109 Å². The summed E-state index contributed by atoms with van der Waals surface area (Å²) in [7, 11) is 0. The maximum absolute atomic E-state index is 12.3. The number of hydrogen-bond donors (Lipinski definition) is 1. The molecular weight excluding hydrogens is 509 g/mol. The molecule has 0 aliphatic heterocycles. The molecule has 7 nitrogen and oxygen atoms in total. The second kappa shape index (κ2) is 8.89. The first kappa shape index (κ1) is 20.6. The molecule has 29 heavy (non-hydrogen) atoms. The molecule has 1 heterocycles. The van der Waals surface area contributed by atoms with Gasteiger partial charge in [0.25, 0.3) is 11.6 Å². The number of benzene rings is 2. The van der Waals surface area contributed by atoms with Gasteiger partial charge in [0, 0.05) is 27.0 Å². The molecule has 1 amide bonds. The van der Waals surface area contributed by atoms with E-state index in [9.17, 15) is 20.2 Å². The SMILES string of the molecule is N#C/C(=C\c1ccc(-c2ccc(Cl)c([N+](=O)[O-])c2)o1)C(=O)Nc1ccc(I)cc1. The molecular formula is C20H11ClIN3O4. The minimum Gasteiger partial charge on any atom is -0.457 e. The molecule has 0 aliphatic carbocycles. The van der Waals surface area contributed by atoms with Gasteiger partial charge < -0.3 is 9.73 Å². The average molecular weight is 520 g/mol. The molecule has 1 aromatic heterocycles. The Morgan fingerprint density at radius 1 is 1.21 bits per heavy atom. The molecule has 0 radical (unpaired) electrons. The molecule has 0 saturated heterocycles. The van der Waals surface area contributed by atoms with E-state index < -0.39 is 10.8 Å². The summed E-state index contributed by atoms with van der Waals surface area (Å²) in [6.45, 7) is 0. The van der Waals surface area contributed by atoms with Crippen molar-refractivity contribution >= 4 is 57.5 Å². The van der Waals surface area contributed by atoms with Crippen LogP contribution in [0, 0.1) is 25.0 Å². The maximum Gasteiger partial charge on any atom is 0.288 e. The Morgan fingerprint density at radius 3 is 2.59 bits per heavy atom. The second-order valence-electron chi connectivity index (χ2n) is 5.76. The van der Waals surface area contributed by atoms with Crippen molar-refractivity contribution in [1.29, 1.82) is 5.26 Å². The summed E-state index contributed by atoms with van der Waals surface area (Å²) in [6, 6.07) is 16.4. The Morgan fingerprint density at radius 2 is 1.93 bits per heavy atom. The molecule has 0 atom stereocenters. The fraction of sp³-hybridized carbons (Fsp3) is 0. The molecule has 0 unspecified atom stereocenters. The van der Waals surface area contributed by atoms with E-state index in [1.807, 2.05) is 18.2 Å². The van der Waals surface area contributed by atoms with E-state index in [2.05, 4.69) is 27.9 Å². The van der Waals surface area contributed by atoms with E-state index in [0.29, 0.717) is 17.0 Å². The predicted octanol–water partition coefficient (Wildman–Crippen LogP) is 5.66. The van der Waals surface area contributed by atoms with E-state index in [1.165, 1.54) is 18.2 Å². The minimum atomic E-state index is -0.585. The summed E-state index contributed by atoms with van der Waals surface area (Å²) < 4.78 is 6.63. The summed E-state index contributed by atoms with van der Waals surface area (Å²) in [6.07, 6.45) is 1.30. The highest BCUT2D eigenvalue weighted by Crippen LogP contribution is 2.31. The average Bonchev–Trinajstić information content (AvgIpc) is 3.16. The monoisotopic (exact) mass is 519 g/mol. The van der Waals surface area contributed by atoms with Crippen LogP contribution in [0.4, 0.5) is 11.4 Å². The minimum absolute atomic E-state index is 0.0180. The van der Waals surface area contributed by atoms with Crippen molar-refractivity contribution in [2.75, 3.05) is 5.32 Å². The zero-order valence-corrected chi connectivity index (χ0v) is 17.5. The highest BCUT2D eigenvalue weighted by molar-refractivity contribution is 14.1. The molecule has 1 N–H and O–H groups in total. The molecule has 0 saturated carbocycles. The van der Waals surface area contributed by atoms with Crippen molar-refractivity contribution in [3.05, 3.63) is 84.6 Å². The van der Waals surface area contributed by atoms with Crippen LogP contribution in [0.15, 0.2) is 64.6 Å². The summed E-state index contributed by atoms with van der Waals surface area (Å²) in [5, 5.41) is 23.0. The van der Waals surface area contributed by atoms with Crippen LogP contribution >= 0.6 is 34.2 Å². The van der Waals surface area contributed by atoms with Gasteiger partial charge in [0.1, 0.15) is 28.2 Å². The van der Waals surface area contributed by atoms with Crippen molar-refractivity contribution in [3.63, 3.8) is 0 Å². The van der Waals surface area contributed by atoms with Crippen LogP contribution in [0.5, 0.6) is 0 Å². The van der Waals surface area contributed by atoms with Crippen LogP contribution in [-0.4, -0.2) is 10.8 Å². The number of anilines is 1. The molecule has 0 fully saturated rings. The van der Waals surface area contributed by atoms with Crippen LogP contribution < -0.4 is 5.32 Å². The largest absolute Gasteiger partial charge is 0.457 e. The lowest BCUT2D eigenvalue weighted by Gasteiger charge is -2.04. The van der Waals surface area contributed by atoms with Gasteiger partial charge in [0.05, 0.1) is 4.92 Å². The molecule has 0 bridgehead atoms. The van der Waals surface area contributed by atoms with Crippen LogP contribution in [0.1, 0.15) is 5.76 Å². The van der Waals surface area contributed by atoms with Gasteiger partial charge in [-0.15, -0.1) is 0 Å². The van der Waals surface area contributed by atoms with Crippen LogP contribution in [0.25, 0.3) is 17.4 Å². The molecule has 9 heteroatoms. The number of rotatable bonds is 5. The fourth-order valence-electron chi connectivity index (χ4n) is 2.41. The Kier molecular flexibility index (Phi) is 6.31. The van der Waals surface area contributed by atoms with Gasteiger partial charge >= 0.3 is 0 Å². The zero-order valence-electron chi connectivity index (χ0n) is 14.6. The Bertz CT molecular complexity index is 1160. The third-order valence-electron chi connectivity index (χ3n) is 3.81. The number of furan rings is 1. The maximum atomic E-state index is 12.3. The lowest BCUT2D eigenvalue weighted by Crippen LogP contribution is -2.13. The van der Waals surface area contributed by atoms with E-state index in [4.69, 9.17) is 16.0 Å². The molecule has 3 rings (SSSR count). The number of amides is 1. The van der Waals surface area contributed by atoms with E-state index >= 15 is 0 Å². The van der Waals surface area contributed by atoms with Gasteiger partial charge in [-0.3, -0.25) is 14.9 Å². The third-order valence-corrected chi connectivity index (χ3v) is 4.85. The predicted molar refractivity (Wildman–Crippen MR) is 117 cm³/mol. The van der Waals surface area contributed by atoms with Crippen LogP contribution in [0.2, 0.25) is 5.02 Å². The molecule has 0 aliphatic rings. The van der Waals surface area contributed by atoms with Gasteiger partial charge in [-0.25, -0.2) is 0 Å². The molecule has 144 valence electrons. The normalized spacial score (nSPS) is 11.0. The third kappa shape index (κ3) is 5.01. The summed E-state index contributed by atoms with van der Waals surface area (Å²) in [5.74, 6) is 0.0204.